The highest BCUT2D eigenvalue weighted by Crippen LogP contribution is 2.08. The molecule has 9 nitrogen and oxygen atoms in total. The molecule has 0 aromatic rings. The summed E-state index contributed by atoms with van der Waals surface area (Å²) < 4.78 is 0. The fourth-order valence-corrected chi connectivity index (χ4v) is 1.56. The molecule has 0 aliphatic heterocycles. The Kier molecular flexibility index (Phi) is 10.0. The molecule has 0 radical (unpaired) electrons. The number of ketones is 1. The maximum atomic E-state index is 11.5. The number of aliphatic hydroxyl groups excluding tert-OH is 4. The number of nitrogens with one attached hydrogen (secondary N) is 1. The topological polar surface area (TPSA) is 179 Å². The van der Waals surface area contributed by atoms with E-state index in [2.05, 4.69) is 5.32 Å². The molecule has 0 bridgehead atoms. The van der Waals surface area contributed by atoms with Gasteiger partial charge in [0.1, 0.15) is 18.3 Å². The second-order valence-electron chi connectivity index (χ2n) is 4.66. The predicted molar refractivity (Wildman–Crippen MR) is 74.0 cm³/mol. The first-order valence-electron chi connectivity index (χ1n) is 6.79. The van der Waals surface area contributed by atoms with Gasteiger partial charge in [-0.25, -0.2) is 0 Å². The van der Waals surface area contributed by atoms with Crippen molar-refractivity contribution in [3.8, 4) is 0 Å². The average Bonchev–Trinajstić information content (AvgIpc) is 2.49. The number of carbonyl (C=O) groups is 2. The Balaban J connectivity index is 4.42. The summed E-state index contributed by atoms with van der Waals surface area (Å²) in [7, 11) is 0. The lowest BCUT2D eigenvalue weighted by molar-refractivity contribution is -0.154. The molecular formula is C12H25N3O6. The van der Waals surface area contributed by atoms with Crippen LogP contribution in [0.4, 0.5) is 0 Å². The molecule has 9 N–H and O–H groups in total. The van der Waals surface area contributed by atoms with Gasteiger partial charge in [0.15, 0.2) is 11.9 Å². The third-order valence-electron chi connectivity index (χ3n) is 2.90. The van der Waals surface area contributed by atoms with E-state index in [0.717, 1.165) is 0 Å². The second-order valence-corrected chi connectivity index (χ2v) is 4.66. The molecule has 0 saturated carbocycles. The third-order valence-corrected chi connectivity index (χ3v) is 2.90. The summed E-state index contributed by atoms with van der Waals surface area (Å²) in [5.41, 5.74) is 10.4. The summed E-state index contributed by atoms with van der Waals surface area (Å²) in [6, 6.07) is 0. The fourth-order valence-electron chi connectivity index (χ4n) is 1.56. The van der Waals surface area contributed by atoms with Gasteiger partial charge in [-0.05, 0) is 25.9 Å². The van der Waals surface area contributed by atoms with Crippen LogP contribution in [-0.4, -0.2) is 76.2 Å². The third kappa shape index (κ3) is 6.93. The van der Waals surface area contributed by atoms with E-state index in [1.807, 2.05) is 0 Å². The Hall–Kier alpha value is -1.10. The molecule has 0 spiro atoms. The van der Waals surface area contributed by atoms with Crippen LogP contribution in [0.3, 0.4) is 0 Å². The van der Waals surface area contributed by atoms with Crippen molar-refractivity contribution >= 4 is 11.7 Å². The quantitative estimate of drug-likeness (QED) is 0.190. The second kappa shape index (κ2) is 10.6. The van der Waals surface area contributed by atoms with Crippen LogP contribution in [0, 0.1) is 0 Å². The van der Waals surface area contributed by atoms with E-state index in [4.69, 9.17) is 11.5 Å². The number of rotatable bonds is 11. The largest absolute Gasteiger partial charge is 0.387 e. The SMILES string of the molecule is NCCCNC(=O)[C@@H](O)[C@H](O)[C@H](O)[C@@H](O)C(=O)CCCN. The first-order chi connectivity index (χ1) is 9.86. The van der Waals surface area contributed by atoms with E-state index < -0.39 is 36.1 Å². The molecule has 0 rings (SSSR count). The predicted octanol–water partition coefficient (Wildman–Crippen LogP) is -3.80. The summed E-state index contributed by atoms with van der Waals surface area (Å²) in [6.45, 7) is 0.784. The minimum absolute atomic E-state index is 0.0692. The van der Waals surface area contributed by atoms with Crippen molar-refractivity contribution in [3.63, 3.8) is 0 Å². The van der Waals surface area contributed by atoms with Gasteiger partial charge in [0, 0.05) is 13.0 Å². The van der Waals surface area contributed by atoms with Gasteiger partial charge in [-0.15, -0.1) is 0 Å². The average molecular weight is 307 g/mol. The lowest BCUT2D eigenvalue weighted by Gasteiger charge is -2.25. The molecule has 4 atom stereocenters. The van der Waals surface area contributed by atoms with E-state index in [1.54, 1.807) is 0 Å². The van der Waals surface area contributed by atoms with Gasteiger partial charge >= 0.3 is 0 Å². The van der Waals surface area contributed by atoms with Crippen LogP contribution in [0.5, 0.6) is 0 Å². The van der Waals surface area contributed by atoms with Gasteiger partial charge in [0.05, 0.1) is 0 Å². The van der Waals surface area contributed by atoms with Crippen molar-refractivity contribution in [2.45, 2.75) is 43.7 Å². The standard InChI is InChI=1S/C12H25N3O6/c13-4-1-3-7(16)8(17)9(18)10(19)11(20)12(21)15-6-2-5-14/h8-11,17-20H,1-6,13-14H2,(H,15,21)/t8-,9+,10+,11-/m0/s1. The van der Waals surface area contributed by atoms with Crippen molar-refractivity contribution < 1.29 is 30.0 Å². The van der Waals surface area contributed by atoms with Crippen LogP contribution in [0.25, 0.3) is 0 Å². The number of Topliss-reactive ketones (excluding diaryl/α,β-unsaturated/α-hetero) is 1. The highest BCUT2D eigenvalue weighted by Gasteiger charge is 2.36. The van der Waals surface area contributed by atoms with Crippen LogP contribution in [-0.2, 0) is 9.59 Å². The Morgan fingerprint density at radius 2 is 1.43 bits per heavy atom. The van der Waals surface area contributed by atoms with Crippen LogP contribution < -0.4 is 16.8 Å². The van der Waals surface area contributed by atoms with Gasteiger partial charge in [0.2, 0.25) is 0 Å². The van der Waals surface area contributed by atoms with E-state index in [9.17, 15) is 30.0 Å². The molecule has 0 aliphatic carbocycles. The van der Waals surface area contributed by atoms with Gasteiger partial charge in [-0.2, -0.15) is 0 Å². The number of carbonyl (C=O) groups excluding carboxylic acids is 2. The molecule has 0 heterocycles. The number of aliphatic hydroxyl groups is 4. The normalized spacial score (nSPS) is 16.9. The van der Waals surface area contributed by atoms with E-state index >= 15 is 0 Å². The highest BCUT2D eigenvalue weighted by molar-refractivity contribution is 5.84. The molecule has 9 heteroatoms. The van der Waals surface area contributed by atoms with Gasteiger partial charge < -0.3 is 37.2 Å². The molecule has 0 unspecified atom stereocenters. The fraction of sp³-hybridized carbons (Fsp3) is 0.833. The molecular weight excluding hydrogens is 282 g/mol. The highest BCUT2D eigenvalue weighted by atomic mass is 16.4. The summed E-state index contributed by atoms with van der Waals surface area (Å²) in [6.07, 6.45) is -7.07. The number of amides is 1. The monoisotopic (exact) mass is 307 g/mol. The Morgan fingerprint density at radius 1 is 0.905 bits per heavy atom. The van der Waals surface area contributed by atoms with E-state index in [1.165, 1.54) is 0 Å². The zero-order chi connectivity index (χ0) is 16.4. The Labute approximate surface area is 122 Å². The maximum absolute atomic E-state index is 11.5. The minimum atomic E-state index is -1.99. The van der Waals surface area contributed by atoms with E-state index in [0.29, 0.717) is 19.4 Å². The Morgan fingerprint density at radius 3 is 1.95 bits per heavy atom. The zero-order valence-corrected chi connectivity index (χ0v) is 11.8. The summed E-state index contributed by atoms with van der Waals surface area (Å²) >= 11 is 0. The van der Waals surface area contributed by atoms with Gasteiger partial charge in [-0.1, -0.05) is 0 Å². The zero-order valence-electron chi connectivity index (χ0n) is 11.8. The number of nitrogens with two attached hydrogens (primary N) is 2. The van der Waals surface area contributed by atoms with Crippen LogP contribution in [0.2, 0.25) is 0 Å². The smallest absolute Gasteiger partial charge is 0.251 e. The summed E-state index contributed by atoms with van der Waals surface area (Å²) in [5.74, 6) is -1.64. The lowest BCUT2D eigenvalue weighted by atomic mass is 9.97. The van der Waals surface area contributed by atoms with Crippen molar-refractivity contribution in [2.24, 2.45) is 11.5 Å². The summed E-state index contributed by atoms with van der Waals surface area (Å²) in [4.78, 5) is 23.0. The number of hydrogen-bond donors (Lipinski definition) is 7. The van der Waals surface area contributed by atoms with Crippen LogP contribution in [0.15, 0.2) is 0 Å². The minimum Gasteiger partial charge on any atom is -0.387 e. The van der Waals surface area contributed by atoms with Gasteiger partial charge in [-0.3, -0.25) is 9.59 Å². The van der Waals surface area contributed by atoms with Crippen molar-refractivity contribution in [2.75, 3.05) is 19.6 Å². The molecule has 0 saturated heterocycles. The molecule has 0 aromatic heterocycles. The first-order valence-corrected chi connectivity index (χ1v) is 6.79. The van der Waals surface area contributed by atoms with Crippen molar-refractivity contribution in [1.29, 1.82) is 0 Å². The lowest BCUT2D eigenvalue weighted by Crippen LogP contribution is -2.52. The molecule has 0 aliphatic rings. The first kappa shape index (κ1) is 19.9. The molecule has 21 heavy (non-hydrogen) atoms. The van der Waals surface area contributed by atoms with Gasteiger partial charge in [0.25, 0.3) is 5.91 Å². The maximum Gasteiger partial charge on any atom is 0.251 e. The Bertz CT molecular complexity index is 328. The molecule has 0 fully saturated rings. The number of hydrogen-bond acceptors (Lipinski definition) is 8. The van der Waals surface area contributed by atoms with Crippen molar-refractivity contribution in [1.82, 2.24) is 5.32 Å². The van der Waals surface area contributed by atoms with Crippen molar-refractivity contribution in [3.05, 3.63) is 0 Å². The van der Waals surface area contributed by atoms with E-state index in [-0.39, 0.29) is 19.5 Å². The molecule has 124 valence electrons. The molecule has 1 amide bonds. The van der Waals surface area contributed by atoms with Crippen LogP contribution in [0.1, 0.15) is 19.3 Å². The van der Waals surface area contributed by atoms with Crippen LogP contribution >= 0.6 is 0 Å². The molecule has 0 aromatic carbocycles. The summed E-state index contributed by atoms with van der Waals surface area (Å²) in [5, 5.41) is 40.7.